The average Bonchev–Trinajstić information content (AvgIpc) is 2.64. The Hall–Kier alpha value is -0.275. The van der Waals surface area contributed by atoms with Crippen LogP contribution in [0.5, 0.6) is 0 Å². The SMILES string of the molecule is CC1(C)OB(C/C=C2/CCCC3CCCCC23)OC1(C)C. The molecular formula is C18H31BO2. The predicted octanol–water partition coefficient (Wildman–Crippen LogP) is 5.00. The summed E-state index contributed by atoms with van der Waals surface area (Å²) in [5.74, 6) is 1.84. The highest BCUT2D eigenvalue weighted by molar-refractivity contribution is 6.46. The first-order valence-corrected chi connectivity index (χ1v) is 8.94. The van der Waals surface area contributed by atoms with E-state index in [1.165, 1.54) is 44.9 Å². The molecule has 0 radical (unpaired) electrons. The van der Waals surface area contributed by atoms with Crippen LogP contribution in [0.2, 0.25) is 6.32 Å². The second-order valence-corrected chi connectivity index (χ2v) is 8.24. The molecule has 0 bridgehead atoms. The lowest BCUT2D eigenvalue weighted by atomic mass is 9.67. The predicted molar refractivity (Wildman–Crippen MR) is 88.3 cm³/mol. The summed E-state index contributed by atoms with van der Waals surface area (Å²) in [7, 11) is -0.0635. The van der Waals surface area contributed by atoms with Crippen molar-refractivity contribution in [2.45, 2.75) is 90.2 Å². The van der Waals surface area contributed by atoms with Gasteiger partial charge in [-0.2, -0.15) is 0 Å². The molecule has 2 atom stereocenters. The van der Waals surface area contributed by atoms with Crippen LogP contribution in [0.4, 0.5) is 0 Å². The summed E-state index contributed by atoms with van der Waals surface area (Å²) in [6, 6.07) is 0. The molecule has 2 nitrogen and oxygen atoms in total. The Labute approximate surface area is 130 Å². The van der Waals surface area contributed by atoms with Crippen molar-refractivity contribution in [1.82, 2.24) is 0 Å². The molecule has 21 heavy (non-hydrogen) atoms. The Bertz CT molecular complexity index is 395. The molecule has 0 aromatic heterocycles. The van der Waals surface area contributed by atoms with Gasteiger partial charge in [-0.15, -0.1) is 0 Å². The fraction of sp³-hybridized carbons (Fsp3) is 0.889. The molecule has 3 rings (SSSR count). The number of hydrogen-bond acceptors (Lipinski definition) is 2. The molecule has 118 valence electrons. The lowest BCUT2D eigenvalue weighted by molar-refractivity contribution is 0.00578. The first kappa shape index (κ1) is 15.6. The Balaban J connectivity index is 1.63. The third-order valence-corrected chi connectivity index (χ3v) is 6.30. The van der Waals surface area contributed by atoms with E-state index in [-0.39, 0.29) is 18.3 Å². The van der Waals surface area contributed by atoms with E-state index in [1.807, 2.05) is 0 Å². The highest BCUT2D eigenvalue weighted by Gasteiger charge is 2.50. The van der Waals surface area contributed by atoms with E-state index >= 15 is 0 Å². The molecule has 1 aliphatic heterocycles. The van der Waals surface area contributed by atoms with Crippen molar-refractivity contribution in [2.24, 2.45) is 11.8 Å². The van der Waals surface area contributed by atoms with Crippen LogP contribution in [0.15, 0.2) is 11.6 Å². The lowest BCUT2D eigenvalue weighted by Gasteiger charge is -2.37. The van der Waals surface area contributed by atoms with E-state index in [4.69, 9.17) is 9.31 Å². The topological polar surface area (TPSA) is 18.5 Å². The molecular weight excluding hydrogens is 259 g/mol. The van der Waals surface area contributed by atoms with Crippen molar-refractivity contribution in [3.63, 3.8) is 0 Å². The second-order valence-electron chi connectivity index (χ2n) is 8.24. The van der Waals surface area contributed by atoms with Gasteiger partial charge in [0.25, 0.3) is 0 Å². The van der Waals surface area contributed by atoms with Crippen LogP contribution in [0, 0.1) is 11.8 Å². The molecule has 1 heterocycles. The van der Waals surface area contributed by atoms with Gasteiger partial charge in [0.15, 0.2) is 0 Å². The minimum atomic E-state index is -0.198. The smallest absolute Gasteiger partial charge is 0.403 e. The van der Waals surface area contributed by atoms with Gasteiger partial charge in [-0.3, -0.25) is 0 Å². The van der Waals surface area contributed by atoms with Gasteiger partial charge in [0.2, 0.25) is 0 Å². The number of allylic oxidation sites excluding steroid dienone is 2. The zero-order chi connectivity index (χ0) is 15.1. The minimum Gasteiger partial charge on any atom is -0.403 e. The minimum absolute atomic E-state index is 0.0635. The maximum atomic E-state index is 6.12. The van der Waals surface area contributed by atoms with Crippen LogP contribution >= 0.6 is 0 Å². The van der Waals surface area contributed by atoms with Crippen molar-refractivity contribution >= 4 is 7.12 Å². The summed E-state index contributed by atoms with van der Waals surface area (Å²) in [5.41, 5.74) is 1.31. The Morgan fingerprint density at radius 3 is 2.33 bits per heavy atom. The summed E-state index contributed by atoms with van der Waals surface area (Å²) in [6.45, 7) is 8.55. The van der Waals surface area contributed by atoms with Gasteiger partial charge in [0.05, 0.1) is 11.2 Å². The average molecular weight is 290 g/mol. The summed E-state index contributed by atoms with van der Waals surface area (Å²) >= 11 is 0. The molecule has 3 heteroatoms. The fourth-order valence-corrected chi connectivity index (χ4v) is 4.36. The van der Waals surface area contributed by atoms with Gasteiger partial charge < -0.3 is 9.31 Å². The summed E-state index contributed by atoms with van der Waals surface area (Å²) in [5, 5.41) is 0. The number of rotatable bonds is 2. The van der Waals surface area contributed by atoms with E-state index in [2.05, 4.69) is 33.8 Å². The molecule has 1 saturated heterocycles. The Morgan fingerprint density at radius 2 is 1.62 bits per heavy atom. The van der Waals surface area contributed by atoms with Gasteiger partial charge >= 0.3 is 7.12 Å². The number of fused-ring (bicyclic) bond motifs is 1. The first-order valence-electron chi connectivity index (χ1n) is 8.94. The van der Waals surface area contributed by atoms with E-state index in [1.54, 1.807) is 5.57 Å². The molecule has 0 N–H and O–H groups in total. The van der Waals surface area contributed by atoms with Crippen LogP contribution < -0.4 is 0 Å². The van der Waals surface area contributed by atoms with Gasteiger partial charge in [-0.25, -0.2) is 0 Å². The standard InChI is InChI=1S/C18H31BO2/c1-17(2)18(3,4)21-19(20-17)13-12-15-10-7-9-14-8-5-6-11-16(14)15/h12,14,16H,5-11,13H2,1-4H3/b15-12-. The molecule has 0 aromatic rings. The zero-order valence-electron chi connectivity index (χ0n) is 14.3. The fourth-order valence-electron chi connectivity index (χ4n) is 4.36. The van der Waals surface area contributed by atoms with E-state index in [0.29, 0.717) is 0 Å². The molecule has 3 fully saturated rings. The van der Waals surface area contributed by atoms with E-state index in [0.717, 1.165) is 18.2 Å². The molecule has 0 aromatic carbocycles. The normalized spacial score (nSPS) is 36.8. The van der Waals surface area contributed by atoms with Crippen LogP contribution in [0.1, 0.15) is 72.6 Å². The van der Waals surface area contributed by atoms with Crippen molar-refractivity contribution in [1.29, 1.82) is 0 Å². The van der Waals surface area contributed by atoms with E-state index < -0.39 is 0 Å². The van der Waals surface area contributed by atoms with Crippen molar-refractivity contribution in [3.8, 4) is 0 Å². The van der Waals surface area contributed by atoms with Crippen molar-refractivity contribution in [3.05, 3.63) is 11.6 Å². The Kier molecular flexibility index (Phi) is 4.26. The third-order valence-electron chi connectivity index (χ3n) is 6.30. The van der Waals surface area contributed by atoms with Gasteiger partial charge in [-0.1, -0.05) is 24.5 Å². The monoisotopic (exact) mass is 290 g/mol. The maximum Gasteiger partial charge on any atom is 0.461 e. The molecule has 3 aliphatic rings. The van der Waals surface area contributed by atoms with Crippen LogP contribution in [0.3, 0.4) is 0 Å². The quantitative estimate of drug-likeness (QED) is 0.526. The van der Waals surface area contributed by atoms with Crippen LogP contribution in [-0.4, -0.2) is 18.3 Å². The Morgan fingerprint density at radius 1 is 1.00 bits per heavy atom. The maximum absolute atomic E-state index is 6.12. The van der Waals surface area contributed by atoms with Gasteiger partial charge in [-0.05, 0) is 71.6 Å². The second kappa shape index (κ2) is 5.74. The van der Waals surface area contributed by atoms with Gasteiger partial charge in [0.1, 0.15) is 0 Å². The highest BCUT2D eigenvalue weighted by atomic mass is 16.7. The first-order chi connectivity index (χ1) is 9.89. The number of hydrogen-bond donors (Lipinski definition) is 0. The van der Waals surface area contributed by atoms with Crippen molar-refractivity contribution in [2.75, 3.05) is 0 Å². The third kappa shape index (κ3) is 3.10. The molecule has 0 amide bonds. The van der Waals surface area contributed by atoms with Crippen molar-refractivity contribution < 1.29 is 9.31 Å². The summed E-state index contributed by atoms with van der Waals surface area (Å²) in [6.07, 6.45) is 13.3. The molecule has 2 unspecified atom stereocenters. The lowest BCUT2D eigenvalue weighted by Crippen LogP contribution is -2.41. The van der Waals surface area contributed by atoms with Gasteiger partial charge in [0, 0.05) is 6.32 Å². The summed E-state index contributed by atoms with van der Waals surface area (Å²) < 4.78 is 12.2. The highest BCUT2D eigenvalue weighted by Crippen LogP contribution is 2.44. The summed E-state index contributed by atoms with van der Waals surface area (Å²) in [4.78, 5) is 0. The van der Waals surface area contributed by atoms with Crippen LogP contribution in [-0.2, 0) is 9.31 Å². The molecule has 2 saturated carbocycles. The molecule has 0 spiro atoms. The van der Waals surface area contributed by atoms with Crippen LogP contribution in [0.25, 0.3) is 0 Å². The van der Waals surface area contributed by atoms with E-state index in [9.17, 15) is 0 Å². The largest absolute Gasteiger partial charge is 0.461 e. The molecule has 2 aliphatic carbocycles. The zero-order valence-corrected chi connectivity index (χ0v) is 14.3.